The second kappa shape index (κ2) is 4.50. The van der Waals surface area contributed by atoms with E-state index in [1.165, 1.54) is 12.3 Å². The highest BCUT2D eigenvalue weighted by Crippen LogP contribution is 2.06. The standard InChI is InChI=1S/C8H9F2N3O/c9-6(10)4-13-8(14)7-5(11)2-1-3-12-7/h1-3,6H,4,11H2,(H,13,14). The van der Waals surface area contributed by atoms with Gasteiger partial charge in [-0.05, 0) is 12.1 Å². The first-order chi connectivity index (χ1) is 6.61. The average molecular weight is 201 g/mol. The summed E-state index contributed by atoms with van der Waals surface area (Å²) in [5.41, 5.74) is 5.55. The molecule has 3 N–H and O–H groups in total. The average Bonchev–Trinajstić information content (AvgIpc) is 2.15. The fourth-order valence-corrected chi connectivity index (χ4v) is 0.861. The lowest BCUT2D eigenvalue weighted by molar-refractivity contribution is 0.0888. The summed E-state index contributed by atoms with van der Waals surface area (Å²) >= 11 is 0. The molecule has 1 rings (SSSR count). The maximum Gasteiger partial charge on any atom is 0.272 e. The summed E-state index contributed by atoms with van der Waals surface area (Å²) in [7, 11) is 0. The number of nitrogens with two attached hydrogens (primary N) is 1. The number of rotatable bonds is 3. The molecule has 1 amide bonds. The summed E-state index contributed by atoms with van der Waals surface area (Å²) in [6.45, 7) is -0.700. The van der Waals surface area contributed by atoms with Gasteiger partial charge in [0.15, 0.2) is 5.69 Å². The number of halogens is 2. The highest BCUT2D eigenvalue weighted by molar-refractivity contribution is 5.96. The number of pyridine rings is 1. The van der Waals surface area contributed by atoms with Gasteiger partial charge in [0.05, 0.1) is 12.2 Å². The summed E-state index contributed by atoms with van der Waals surface area (Å²) in [5, 5.41) is 2.01. The molecule has 4 nitrogen and oxygen atoms in total. The molecule has 1 aromatic heterocycles. The summed E-state index contributed by atoms with van der Waals surface area (Å²) in [5.74, 6) is -0.691. The molecular weight excluding hydrogens is 192 g/mol. The fourth-order valence-electron chi connectivity index (χ4n) is 0.861. The number of carbonyl (C=O) groups excluding carboxylic acids is 1. The molecule has 1 aromatic rings. The second-order valence-corrected chi connectivity index (χ2v) is 2.54. The Morgan fingerprint density at radius 3 is 2.93 bits per heavy atom. The molecule has 0 saturated heterocycles. The molecule has 0 saturated carbocycles. The van der Waals surface area contributed by atoms with Crippen LogP contribution in [0.2, 0.25) is 0 Å². The lowest BCUT2D eigenvalue weighted by atomic mass is 10.3. The zero-order chi connectivity index (χ0) is 10.6. The van der Waals surface area contributed by atoms with E-state index in [0.29, 0.717) is 0 Å². The maximum absolute atomic E-state index is 11.7. The van der Waals surface area contributed by atoms with Crippen molar-refractivity contribution >= 4 is 11.6 Å². The zero-order valence-electron chi connectivity index (χ0n) is 7.21. The molecule has 0 fully saturated rings. The molecule has 0 aliphatic heterocycles. The van der Waals surface area contributed by atoms with Crippen LogP contribution in [0.5, 0.6) is 0 Å². The Morgan fingerprint density at radius 2 is 2.36 bits per heavy atom. The van der Waals surface area contributed by atoms with Gasteiger partial charge >= 0.3 is 0 Å². The molecule has 0 atom stereocenters. The second-order valence-electron chi connectivity index (χ2n) is 2.54. The van der Waals surface area contributed by atoms with Crippen LogP contribution in [0, 0.1) is 0 Å². The van der Waals surface area contributed by atoms with Gasteiger partial charge in [-0.2, -0.15) is 0 Å². The van der Waals surface area contributed by atoms with E-state index in [1.54, 1.807) is 6.07 Å². The quantitative estimate of drug-likeness (QED) is 0.754. The Morgan fingerprint density at radius 1 is 1.64 bits per heavy atom. The van der Waals surface area contributed by atoms with Crippen molar-refractivity contribution in [3.05, 3.63) is 24.0 Å². The Kier molecular flexibility index (Phi) is 3.33. The summed E-state index contributed by atoms with van der Waals surface area (Å²) in [4.78, 5) is 14.9. The predicted molar refractivity (Wildman–Crippen MR) is 47.0 cm³/mol. The monoisotopic (exact) mass is 201 g/mol. The minimum Gasteiger partial charge on any atom is -0.397 e. The number of hydrogen-bond acceptors (Lipinski definition) is 3. The number of amides is 1. The predicted octanol–water partition coefficient (Wildman–Crippen LogP) is 0.659. The third-order valence-corrected chi connectivity index (χ3v) is 1.47. The van der Waals surface area contributed by atoms with E-state index in [4.69, 9.17) is 5.73 Å². The van der Waals surface area contributed by atoms with Crippen LogP contribution in [0.25, 0.3) is 0 Å². The highest BCUT2D eigenvalue weighted by atomic mass is 19.3. The SMILES string of the molecule is Nc1cccnc1C(=O)NCC(F)F. The minimum absolute atomic E-state index is 0.0341. The van der Waals surface area contributed by atoms with Gasteiger partial charge in [-0.3, -0.25) is 4.79 Å². The van der Waals surface area contributed by atoms with Crippen LogP contribution in [0.1, 0.15) is 10.5 Å². The molecule has 0 aliphatic rings. The van der Waals surface area contributed by atoms with Gasteiger partial charge in [-0.15, -0.1) is 0 Å². The van der Waals surface area contributed by atoms with E-state index in [1.807, 2.05) is 5.32 Å². The summed E-state index contributed by atoms with van der Waals surface area (Å²) in [6.07, 6.45) is -1.21. The van der Waals surface area contributed by atoms with Crippen molar-refractivity contribution < 1.29 is 13.6 Å². The van der Waals surface area contributed by atoms with E-state index >= 15 is 0 Å². The molecule has 76 valence electrons. The van der Waals surface area contributed by atoms with Gasteiger partial charge in [0.2, 0.25) is 0 Å². The first kappa shape index (κ1) is 10.4. The molecule has 0 bridgehead atoms. The van der Waals surface area contributed by atoms with Crippen molar-refractivity contribution in [2.75, 3.05) is 12.3 Å². The van der Waals surface area contributed by atoms with Crippen LogP contribution in [0.4, 0.5) is 14.5 Å². The van der Waals surface area contributed by atoms with Gasteiger partial charge < -0.3 is 11.1 Å². The van der Waals surface area contributed by atoms with E-state index < -0.39 is 18.9 Å². The number of nitrogens with zero attached hydrogens (tertiary/aromatic N) is 1. The molecule has 1 heterocycles. The van der Waals surface area contributed by atoms with E-state index in [9.17, 15) is 13.6 Å². The van der Waals surface area contributed by atoms with Gasteiger partial charge in [-0.25, -0.2) is 13.8 Å². The lowest BCUT2D eigenvalue weighted by Gasteiger charge is -2.05. The number of nitrogens with one attached hydrogen (secondary N) is 1. The third kappa shape index (κ3) is 2.65. The Labute approximate surface area is 79.1 Å². The molecule has 14 heavy (non-hydrogen) atoms. The summed E-state index contributed by atoms with van der Waals surface area (Å²) in [6, 6.07) is 3.03. The number of aromatic nitrogens is 1. The minimum atomic E-state index is -2.58. The van der Waals surface area contributed by atoms with Gasteiger partial charge in [0.1, 0.15) is 0 Å². The van der Waals surface area contributed by atoms with Gasteiger partial charge in [-0.1, -0.05) is 0 Å². The van der Waals surface area contributed by atoms with Crippen LogP contribution in [0.15, 0.2) is 18.3 Å². The lowest BCUT2D eigenvalue weighted by Crippen LogP contribution is -2.29. The topological polar surface area (TPSA) is 68.0 Å². The highest BCUT2D eigenvalue weighted by Gasteiger charge is 2.12. The van der Waals surface area contributed by atoms with Crippen LogP contribution >= 0.6 is 0 Å². The van der Waals surface area contributed by atoms with Crippen molar-refractivity contribution in [3.8, 4) is 0 Å². The normalized spacial score (nSPS) is 10.2. The molecule has 0 aromatic carbocycles. The number of alkyl halides is 2. The molecule has 0 unspecified atom stereocenters. The van der Waals surface area contributed by atoms with Crippen molar-refractivity contribution in [3.63, 3.8) is 0 Å². The van der Waals surface area contributed by atoms with E-state index in [2.05, 4.69) is 4.98 Å². The number of carbonyl (C=O) groups is 1. The molecule has 0 radical (unpaired) electrons. The van der Waals surface area contributed by atoms with E-state index in [-0.39, 0.29) is 11.4 Å². The van der Waals surface area contributed by atoms with Crippen LogP contribution in [0.3, 0.4) is 0 Å². The molecule has 0 aliphatic carbocycles. The summed E-state index contributed by atoms with van der Waals surface area (Å²) < 4.78 is 23.5. The largest absolute Gasteiger partial charge is 0.397 e. The Balaban J connectivity index is 2.65. The van der Waals surface area contributed by atoms with Crippen molar-refractivity contribution in [2.24, 2.45) is 0 Å². The number of anilines is 1. The molecule has 0 spiro atoms. The van der Waals surface area contributed by atoms with E-state index in [0.717, 1.165) is 0 Å². The maximum atomic E-state index is 11.7. The number of nitrogen functional groups attached to an aromatic ring is 1. The number of hydrogen-bond donors (Lipinski definition) is 2. The smallest absolute Gasteiger partial charge is 0.272 e. The first-order valence-corrected chi connectivity index (χ1v) is 3.88. The Bertz CT molecular complexity index is 330. The molecular formula is C8H9F2N3O. The molecule has 6 heteroatoms. The van der Waals surface area contributed by atoms with Gasteiger partial charge in [0, 0.05) is 6.20 Å². The van der Waals surface area contributed by atoms with Crippen molar-refractivity contribution in [1.29, 1.82) is 0 Å². The fraction of sp³-hybridized carbons (Fsp3) is 0.250. The van der Waals surface area contributed by atoms with Crippen LogP contribution < -0.4 is 11.1 Å². The van der Waals surface area contributed by atoms with Crippen molar-refractivity contribution in [2.45, 2.75) is 6.43 Å². The Hall–Kier alpha value is -1.72. The first-order valence-electron chi connectivity index (χ1n) is 3.88. The van der Waals surface area contributed by atoms with Crippen LogP contribution in [-0.2, 0) is 0 Å². The van der Waals surface area contributed by atoms with Crippen LogP contribution in [-0.4, -0.2) is 23.9 Å². The van der Waals surface area contributed by atoms with Crippen molar-refractivity contribution in [1.82, 2.24) is 10.3 Å². The van der Waals surface area contributed by atoms with Gasteiger partial charge in [0.25, 0.3) is 12.3 Å². The third-order valence-electron chi connectivity index (χ3n) is 1.47. The zero-order valence-corrected chi connectivity index (χ0v) is 7.21.